The number of carbonyl (C=O) groups is 1. The lowest BCUT2D eigenvalue weighted by atomic mass is 10.0. The predicted molar refractivity (Wildman–Crippen MR) is 71.8 cm³/mol. The van der Waals surface area contributed by atoms with Crippen LogP contribution in [0.5, 0.6) is 0 Å². The van der Waals surface area contributed by atoms with Crippen LogP contribution < -0.4 is 11.1 Å². The van der Waals surface area contributed by atoms with E-state index in [0.29, 0.717) is 17.9 Å². The van der Waals surface area contributed by atoms with Crippen molar-refractivity contribution < 1.29 is 9.53 Å². The van der Waals surface area contributed by atoms with Crippen molar-refractivity contribution in [3.05, 3.63) is 24.0 Å². The first-order chi connectivity index (χ1) is 8.16. The van der Waals surface area contributed by atoms with Gasteiger partial charge >= 0.3 is 0 Å². The molecule has 1 amide bonds. The van der Waals surface area contributed by atoms with Crippen LogP contribution in [-0.2, 0) is 4.74 Å². The van der Waals surface area contributed by atoms with Crippen LogP contribution in [0.1, 0.15) is 30.1 Å². The number of amides is 1. The van der Waals surface area contributed by atoms with Gasteiger partial charge in [-0.25, -0.2) is 0 Å². The summed E-state index contributed by atoms with van der Waals surface area (Å²) in [7, 11) is 0. The second kappa shape index (κ2) is 6.56. The minimum absolute atomic E-state index is 0. The van der Waals surface area contributed by atoms with E-state index in [4.69, 9.17) is 10.5 Å². The monoisotopic (exact) mass is 271 g/mol. The van der Waals surface area contributed by atoms with Gasteiger partial charge in [-0.2, -0.15) is 0 Å². The molecule has 1 aromatic rings. The third-order valence-electron chi connectivity index (χ3n) is 2.92. The molecule has 18 heavy (non-hydrogen) atoms. The molecule has 1 aliphatic rings. The number of halogens is 1. The average Bonchev–Trinajstić information content (AvgIpc) is 2.29. The molecule has 3 N–H and O–H groups in total. The molecule has 2 unspecified atom stereocenters. The largest absolute Gasteiger partial charge is 0.398 e. The molecular weight excluding hydrogens is 254 g/mol. The summed E-state index contributed by atoms with van der Waals surface area (Å²) in [5, 5.41) is 2.97. The van der Waals surface area contributed by atoms with Gasteiger partial charge in [0.25, 0.3) is 5.91 Å². The molecule has 0 spiro atoms. The predicted octanol–water partition coefficient (Wildman–Crippen LogP) is 1.38. The van der Waals surface area contributed by atoms with Gasteiger partial charge in [-0.15, -0.1) is 12.4 Å². The van der Waals surface area contributed by atoms with Crippen molar-refractivity contribution in [1.82, 2.24) is 10.3 Å². The highest BCUT2D eigenvalue weighted by molar-refractivity contribution is 5.98. The van der Waals surface area contributed by atoms with Crippen molar-refractivity contribution in [3.63, 3.8) is 0 Å². The van der Waals surface area contributed by atoms with Gasteiger partial charge in [0.2, 0.25) is 0 Å². The number of nitrogens with two attached hydrogens (primary N) is 1. The number of aromatic nitrogens is 1. The Kier molecular flexibility index (Phi) is 5.37. The van der Waals surface area contributed by atoms with E-state index in [2.05, 4.69) is 10.3 Å². The molecule has 0 aromatic carbocycles. The maximum atomic E-state index is 12.0. The van der Waals surface area contributed by atoms with Gasteiger partial charge in [0.05, 0.1) is 11.7 Å². The fourth-order valence-corrected chi connectivity index (χ4v) is 1.99. The zero-order chi connectivity index (χ0) is 12.3. The molecular formula is C12H18ClN3O2. The van der Waals surface area contributed by atoms with E-state index in [-0.39, 0.29) is 30.5 Å². The first-order valence-electron chi connectivity index (χ1n) is 5.79. The Morgan fingerprint density at radius 1 is 1.61 bits per heavy atom. The van der Waals surface area contributed by atoms with Gasteiger partial charge in [-0.05, 0) is 25.8 Å². The quantitative estimate of drug-likeness (QED) is 0.852. The first-order valence-corrected chi connectivity index (χ1v) is 5.79. The maximum Gasteiger partial charge on any atom is 0.255 e. The number of nitrogens with one attached hydrogen (secondary N) is 1. The van der Waals surface area contributed by atoms with Crippen LogP contribution in [-0.4, -0.2) is 29.6 Å². The van der Waals surface area contributed by atoms with E-state index in [1.807, 2.05) is 6.92 Å². The van der Waals surface area contributed by atoms with E-state index < -0.39 is 0 Å². The molecule has 2 heterocycles. The third-order valence-corrected chi connectivity index (χ3v) is 2.92. The lowest BCUT2D eigenvalue weighted by Gasteiger charge is -2.28. The molecule has 1 saturated heterocycles. The number of nitrogens with zero attached hydrogens (tertiary/aromatic N) is 1. The van der Waals surface area contributed by atoms with E-state index in [9.17, 15) is 4.79 Å². The van der Waals surface area contributed by atoms with Crippen LogP contribution in [0.4, 0.5) is 5.69 Å². The Labute approximate surface area is 113 Å². The van der Waals surface area contributed by atoms with Crippen molar-refractivity contribution in [1.29, 1.82) is 0 Å². The fraction of sp³-hybridized carbons (Fsp3) is 0.500. The SMILES string of the molecule is CC1CC(NC(=O)c2cnccc2N)CCO1.Cl. The van der Waals surface area contributed by atoms with Gasteiger partial charge in [-0.1, -0.05) is 0 Å². The van der Waals surface area contributed by atoms with Crippen LogP contribution >= 0.6 is 12.4 Å². The number of pyridine rings is 1. The minimum atomic E-state index is -0.158. The van der Waals surface area contributed by atoms with Gasteiger partial charge in [0.15, 0.2) is 0 Å². The van der Waals surface area contributed by atoms with E-state index in [1.54, 1.807) is 12.3 Å². The van der Waals surface area contributed by atoms with Crippen molar-refractivity contribution in [2.24, 2.45) is 0 Å². The number of anilines is 1. The van der Waals surface area contributed by atoms with Crippen molar-refractivity contribution >= 4 is 24.0 Å². The van der Waals surface area contributed by atoms with E-state index in [1.165, 1.54) is 6.20 Å². The second-order valence-corrected chi connectivity index (χ2v) is 4.34. The standard InChI is InChI=1S/C12H17N3O2.ClH/c1-8-6-9(3-5-17-8)15-12(16)10-7-14-4-2-11(10)13;/h2,4,7-9H,3,5-6H2,1H3,(H2,13,14)(H,15,16);1H. The molecule has 100 valence electrons. The molecule has 0 radical (unpaired) electrons. The highest BCUT2D eigenvalue weighted by atomic mass is 35.5. The number of nitrogen functional groups attached to an aromatic ring is 1. The zero-order valence-corrected chi connectivity index (χ0v) is 11.1. The molecule has 0 bridgehead atoms. The summed E-state index contributed by atoms with van der Waals surface area (Å²) >= 11 is 0. The minimum Gasteiger partial charge on any atom is -0.398 e. The summed E-state index contributed by atoms with van der Waals surface area (Å²) in [5.41, 5.74) is 6.62. The maximum absolute atomic E-state index is 12.0. The summed E-state index contributed by atoms with van der Waals surface area (Å²) < 4.78 is 5.43. The highest BCUT2D eigenvalue weighted by Gasteiger charge is 2.22. The van der Waals surface area contributed by atoms with E-state index in [0.717, 1.165) is 12.8 Å². The summed E-state index contributed by atoms with van der Waals surface area (Å²) in [6.07, 6.45) is 4.94. The Balaban J connectivity index is 0.00000162. The number of hydrogen-bond acceptors (Lipinski definition) is 4. The Morgan fingerprint density at radius 3 is 3.06 bits per heavy atom. The molecule has 6 heteroatoms. The Bertz CT molecular complexity index is 414. The van der Waals surface area contributed by atoms with Crippen LogP contribution in [0.2, 0.25) is 0 Å². The lowest BCUT2D eigenvalue weighted by Crippen LogP contribution is -2.41. The number of hydrogen-bond donors (Lipinski definition) is 2. The Hall–Kier alpha value is -1.33. The third kappa shape index (κ3) is 3.58. The van der Waals surface area contributed by atoms with Crippen LogP contribution in [0.15, 0.2) is 18.5 Å². The molecule has 2 rings (SSSR count). The normalized spacial score (nSPS) is 22.9. The molecule has 1 aromatic heterocycles. The van der Waals surface area contributed by atoms with Crippen molar-refractivity contribution in [3.8, 4) is 0 Å². The average molecular weight is 272 g/mol. The topological polar surface area (TPSA) is 77.2 Å². The molecule has 2 atom stereocenters. The zero-order valence-electron chi connectivity index (χ0n) is 10.3. The summed E-state index contributed by atoms with van der Waals surface area (Å²) in [6, 6.07) is 1.78. The second-order valence-electron chi connectivity index (χ2n) is 4.34. The number of rotatable bonds is 2. The van der Waals surface area contributed by atoms with Gasteiger partial charge in [0, 0.05) is 30.7 Å². The Morgan fingerprint density at radius 2 is 2.39 bits per heavy atom. The molecule has 0 aliphatic carbocycles. The van der Waals surface area contributed by atoms with Crippen molar-refractivity contribution in [2.75, 3.05) is 12.3 Å². The van der Waals surface area contributed by atoms with Gasteiger partial charge < -0.3 is 15.8 Å². The number of carbonyl (C=O) groups excluding carboxylic acids is 1. The van der Waals surface area contributed by atoms with Gasteiger partial charge in [0.1, 0.15) is 0 Å². The van der Waals surface area contributed by atoms with E-state index >= 15 is 0 Å². The fourth-order valence-electron chi connectivity index (χ4n) is 1.99. The molecule has 5 nitrogen and oxygen atoms in total. The summed E-state index contributed by atoms with van der Waals surface area (Å²) in [5.74, 6) is -0.158. The van der Waals surface area contributed by atoms with Crippen molar-refractivity contribution in [2.45, 2.75) is 31.9 Å². The van der Waals surface area contributed by atoms with Crippen LogP contribution in [0.3, 0.4) is 0 Å². The molecule has 1 aliphatic heterocycles. The summed E-state index contributed by atoms with van der Waals surface area (Å²) in [6.45, 7) is 2.70. The van der Waals surface area contributed by atoms with Gasteiger partial charge in [-0.3, -0.25) is 9.78 Å². The highest BCUT2D eigenvalue weighted by Crippen LogP contribution is 2.15. The summed E-state index contributed by atoms with van der Waals surface area (Å²) in [4.78, 5) is 15.9. The van der Waals surface area contributed by atoms with Crippen LogP contribution in [0.25, 0.3) is 0 Å². The molecule has 1 fully saturated rings. The first kappa shape index (κ1) is 14.7. The van der Waals surface area contributed by atoms with Crippen LogP contribution in [0, 0.1) is 0 Å². The smallest absolute Gasteiger partial charge is 0.255 e. The number of ether oxygens (including phenoxy) is 1. The lowest BCUT2D eigenvalue weighted by molar-refractivity contribution is 0.0137. The molecule has 0 saturated carbocycles.